The van der Waals surface area contributed by atoms with Crippen molar-refractivity contribution in [2.24, 2.45) is 5.73 Å². The van der Waals surface area contributed by atoms with E-state index < -0.39 is 0 Å². The molecule has 0 rings (SSSR count). The van der Waals surface area contributed by atoms with E-state index in [1.807, 2.05) is 6.92 Å². The molecular weight excluding hydrogens is 140 g/mol. The molecular formula is C8H16N2O. The van der Waals surface area contributed by atoms with Crippen LogP contribution in [-0.4, -0.2) is 12.5 Å². The second-order valence-electron chi connectivity index (χ2n) is 2.56. The number of carbonyl (C=O) groups excluding carboxylic acids is 1. The molecule has 0 saturated carbocycles. The van der Waals surface area contributed by atoms with Gasteiger partial charge in [0.1, 0.15) is 0 Å². The summed E-state index contributed by atoms with van der Waals surface area (Å²) in [6.07, 6.45) is 0.947. The van der Waals surface area contributed by atoms with Gasteiger partial charge in [-0.2, -0.15) is 0 Å². The summed E-state index contributed by atoms with van der Waals surface area (Å²) in [5.41, 5.74) is 6.62. The van der Waals surface area contributed by atoms with Crippen LogP contribution in [0, 0.1) is 0 Å². The maximum Gasteiger partial charge on any atom is 0.248 e. The second kappa shape index (κ2) is 4.77. The van der Waals surface area contributed by atoms with Crippen molar-refractivity contribution in [2.45, 2.75) is 27.2 Å². The molecule has 3 N–H and O–H groups in total. The van der Waals surface area contributed by atoms with E-state index in [0.717, 1.165) is 6.42 Å². The van der Waals surface area contributed by atoms with Crippen LogP contribution in [0.4, 0.5) is 0 Å². The van der Waals surface area contributed by atoms with Gasteiger partial charge in [0.25, 0.3) is 0 Å². The Morgan fingerprint density at radius 2 is 2.00 bits per heavy atom. The third-order valence-electron chi connectivity index (χ3n) is 1.47. The van der Waals surface area contributed by atoms with Gasteiger partial charge in [-0.25, -0.2) is 0 Å². The van der Waals surface area contributed by atoms with E-state index >= 15 is 0 Å². The normalized spacial score (nSPS) is 12.3. The van der Waals surface area contributed by atoms with Gasteiger partial charge in [0.2, 0.25) is 5.91 Å². The first-order valence-electron chi connectivity index (χ1n) is 3.80. The van der Waals surface area contributed by atoms with Gasteiger partial charge in [0.15, 0.2) is 0 Å². The number of amides is 1. The topological polar surface area (TPSA) is 55.1 Å². The molecule has 0 spiro atoms. The Hall–Kier alpha value is -0.990. The Bertz CT molecular complexity index is 169. The largest absolute Gasteiger partial charge is 0.402 e. The van der Waals surface area contributed by atoms with E-state index in [1.165, 1.54) is 0 Å². The van der Waals surface area contributed by atoms with Crippen LogP contribution in [0.1, 0.15) is 27.2 Å². The fourth-order valence-electron chi connectivity index (χ4n) is 0.550. The summed E-state index contributed by atoms with van der Waals surface area (Å²) >= 11 is 0. The van der Waals surface area contributed by atoms with Crippen molar-refractivity contribution in [3.63, 3.8) is 0 Å². The lowest BCUT2D eigenvalue weighted by Gasteiger charge is -2.04. The number of nitrogens with one attached hydrogen (secondary N) is 1. The molecule has 0 bridgehead atoms. The molecule has 3 nitrogen and oxygen atoms in total. The summed E-state index contributed by atoms with van der Waals surface area (Å²) < 4.78 is 0. The number of carbonyl (C=O) groups is 1. The van der Waals surface area contributed by atoms with Crippen molar-refractivity contribution in [1.82, 2.24) is 5.32 Å². The standard InChI is InChI=1S/C8H16N2O/c1-4-5-10-8(11)6(2)7(3)9/h4-5,9H2,1-3H3,(H,10,11)/b7-6-. The van der Waals surface area contributed by atoms with Crippen molar-refractivity contribution in [3.8, 4) is 0 Å². The molecule has 3 heteroatoms. The highest BCUT2D eigenvalue weighted by molar-refractivity contribution is 5.93. The molecule has 0 atom stereocenters. The van der Waals surface area contributed by atoms with Gasteiger partial charge < -0.3 is 11.1 Å². The third kappa shape index (κ3) is 3.65. The molecule has 0 radical (unpaired) electrons. The van der Waals surface area contributed by atoms with Gasteiger partial charge in [-0.3, -0.25) is 4.79 Å². The molecule has 0 saturated heterocycles. The Kier molecular flexibility index (Phi) is 4.34. The first kappa shape index (κ1) is 10.0. The first-order valence-corrected chi connectivity index (χ1v) is 3.80. The molecule has 0 aromatic carbocycles. The van der Waals surface area contributed by atoms with Gasteiger partial charge in [0.05, 0.1) is 0 Å². The Labute approximate surface area is 67.7 Å². The van der Waals surface area contributed by atoms with Crippen molar-refractivity contribution in [2.75, 3.05) is 6.54 Å². The van der Waals surface area contributed by atoms with Gasteiger partial charge >= 0.3 is 0 Å². The van der Waals surface area contributed by atoms with Crippen LogP contribution < -0.4 is 11.1 Å². The summed E-state index contributed by atoms with van der Waals surface area (Å²) in [5, 5.41) is 2.74. The van der Waals surface area contributed by atoms with Crippen LogP contribution in [-0.2, 0) is 4.79 Å². The molecule has 1 amide bonds. The van der Waals surface area contributed by atoms with Crippen LogP contribution >= 0.6 is 0 Å². The molecule has 0 aliphatic rings. The summed E-state index contributed by atoms with van der Waals surface area (Å²) in [7, 11) is 0. The first-order chi connectivity index (χ1) is 5.09. The van der Waals surface area contributed by atoms with Crippen molar-refractivity contribution in [3.05, 3.63) is 11.3 Å². The maximum atomic E-state index is 11.1. The average molecular weight is 156 g/mol. The van der Waals surface area contributed by atoms with Crippen LogP contribution in [0.15, 0.2) is 11.3 Å². The van der Waals surface area contributed by atoms with E-state index in [4.69, 9.17) is 5.73 Å². The van der Waals surface area contributed by atoms with Crippen LogP contribution in [0.3, 0.4) is 0 Å². The van der Waals surface area contributed by atoms with Crippen molar-refractivity contribution < 1.29 is 4.79 Å². The molecule has 0 unspecified atom stereocenters. The quantitative estimate of drug-likeness (QED) is 0.593. The van der Waals surface area contributed by atoms with Crippen LogP contribution in [0.5, 0.6) is 0 Å². The monoisotopic (exact) mass is 156 g/mol. The fourth-order valence-corrected chi connectivity index (χ4v) is 0.550. The molecule has 0 aliphatic carbocycles. The number of hydrogen-bond donors (Lipinski definition) is 2. The van der Waals surface area contributed by atoms with E-state index in [1.54, 1.807) is 13.8 Å². The van der Waals surface area contributed by atoms with Gasteiger partial charge in [0, 0.05) is 17.8 Å². The molecule has 0 aliphatic heterocycles. The van der Waals surface area contributed by atoms with Crippen molar-refractivity contribution in [1.29, 1.82) is 0 Å². The number of nitrogens with two attached hydrogens (primary N) is 1. The summed E-state index contributed by atoms with van der Waals surface area (Å²) in [4.78, 5) is 11.1. The lowest BCUT2D eigenvalue weighted by molar-refractivity contribution is -0.117. The molecule has 0 aromatic rings. The molecule has 11 heavy (non-hydrogen) atoms. The molecule has 0 heterocycles. The summed E-state index contributed by atoms with van der Waals surface area (Å²) in [6.45, 7) is 6.17. The minimum absolute atomic E-state index is 0.0631. The van der Waals surface area contributed by atoms with Crippen molar-refractivity contribution >= 4 is 5.91 Å². The van der Waals surface area contributed by atoms with Gasteiger partial charge in [-0.1, -0.05) is 6.92 Å². The number of hydrogen-bond acceptors (Lipinski definition) is 2. The molecule has 0 aromatic heterocycles. The Morgan fingerprint density at radius 3 is 2.36 bits per heavy atom. The smallest absolute Gasteiger partial charge is 0.248 e. The van der Waals surface area contributed by atoms with Crippen LogP contribution in [0.2, 0.25) is 0 Å². The minimum Gasteiger partial charge on any atom is -0.402 e. The predicted octanol–water partition coefficient (Wildman–Crippen LogP) is 0.765. The zero-order valence-corrected chi connectivity index (χ0v) is 7.40. The lowest BCUT2D eigenvalue weighted by atomic mass is 10.2. The second-order valence-corrected chi connectivity index (χ2v) is 2.56. The highest BCUT2D eigenvalue weighted by Crippen LogP contribution is 1.95. The third-order valence-corrected chi connectivity index (χ3v) is 1.47. The van der Waals surface area contributed by atoms with Gasteiger partial charge in [-0.05, 0) is 20.3 Å². The molecule has 64 valence electrons. The number of allylic oxidation sites excluding steroid dienone is 1. The summed E-state index contributed by atoms with van der Waals surface area (Å²) in [5.74, 6) is -0.0631. The van der Waals surface area contributed by atoms with Crippen LogP contribution in [0.25, 0.3) is 0 Å². The summed E-state index contributed by atoms with van der Waals surface area (Å²) in [6, 6.07) is 0. The van der Waals surface area contributed by atoms with E-state index in [-0.39, 0.29) is 5.91 Å². The zero-order valence-electron chi connectivity index (χ0n) is 7.40. The molecule has 0 fully saturated rings. The zero-order chi connectivity index (χ0) is 8.85. The highest BCUT2D eigenvalue weighted by Gasteiger charge is 2.03. The maximum absolute atomic E-state index is 11.1. The Balaban J connectivity index is 3.95. The van der Waals surface area contributed by atoms with E-state index in [0.29, 0.717) is 17.8 Å². The number of rotatable bonds is 3. The highest BCUT2D eigenvalue weighted by atomic mass is 16.1. The minimum atomic E-state index is -0.0631. The SMILES string of the molecule is CCCNC(=O)/C(C)=C(/C)N. The van der Waals surface area contributed by atoms with E-state index in [2.05, 4.69) is 5.32 Å². The Morgan fingerprint density at radius 1 is 1.45 bits per heavy atom. The predicted molar refractivity (Wildman–Crippen MR) is 45.9 cm³/mol. The van der Waals surface area contributed by atoms with E-state index in [9.17, 15) is 4.79 Å². The van der Waals surface area contributed by atoms with Gasteiger partial charge in [-0.15, -0.1) is 0 Å². The average Bonchev–Trinajstić information content (AvgIpc) is 1.98. The fraction of sp³-hybridized carbons (Fsp3) is 0.625. The lowest BCUT2D eigenvalue weighted by Crippen LogP contribution is -2.26.